The average molecular weight is 274 g/mol. The summed E-state index contributed by atoms with van der Waals surface area (Å²) < 4.78 is 0. The molecule has 0 spiro atoms. The van der Waals surface area contributed by atoms with Gasteiger partial charge >= 0.3 is 0 Å². The van der Waals surface area contributed by atoms with Gasteiger partial charge in [0.25, 0.3) is 0 Å². The van der Waals surface area contributed by atoms with E-state index in [4.69, 9.17) is 5.73 Å². The smallest absolute Gasteiger partial charge is 0.248 e. The molecule has 1 aromatic heterocycles. The molecule has 1 amide bonds. The lowest BCUT2D eigenvalue weighted by Gasteiger charge is -2.27. The second-order valence-corrected chi connectivity index (χ2v) is 5.91. The van der Waals surface area contributed by atoms with Crippen LogP contribution in [-0.2, 0) is 0 Å². The van der Waals surface area contributed by atoms with Crippen LogP contribution in [0.3, 0.4) is 0 Å². The predicted octanol–water partition coefficient (Wildman–Crippen LogP) is 1.15. The Morgan fingerprint density at radius 1 is 1.40 bits per heavy atom. The van der Waals surface area contributed by atoms with Gasteiger partial charge in [-0.1, -0.05) is 0 Å². The number of hydrogen-bond acceptors (Lipinski definition) is 4. The lowest BCUT2D eigenvalue weighted by molar-refractivity contribution is 0.1000. The quantitative estimate of drug-likeness (QED) is 0.816. The van der Waals surface area contributed by atoms with Gasteiger partial charge in [0.2, 0.25) is 5.91 Å². The van der Waals surface area contributed by atoms with E-state index in [1.54, 1.807) is 12.3 Å². The van der Waals surface area contributed by atoms with Crippen LogP contribution in [0, 0.1) is 5.92 Å². The third-order valence-electron chi connectivity index (χ3n) is 4.13. The molecule has 1 atom stereocenters. The third-order valence-corrected chi connectivity index (χ3v) is 4.13. The van der Waals surface area contributed by atoms with Gasteiger partial charge in [0.1, 0.15) is 5.82 Å². The fourth-order valence-corrected chi connectivity index (χ4v) is 2.80. The van der Waals surface area contributed by atoms with Crippen LogP contribution < -0.4 is 16.0 Å². The van der Waals surface area contributed by atoms with Gasteiger partial charge in [0.15, 0.2) is 0 Å². The van der Waals surface area contributed by atoms with Gasteiger partial charge in [0, 0.05) is 30.9 Å². The molecule has 108 valence electrons. The molecule has 5 heteroatoms. The number of rotatable bonds is 6. The zero-order chi connectivity index (χ0) is 13.9. The number of nitrogens with two attached hydrogens (primary N) is 1. The van der Waals surface area contributed by atoms with Crippen molar-refractivity contribution in [3.05, 3.63) is 23.9 Å². The Morgan fingerprint density at radius 3 is 2.90 bits per heavy atom. The van der Waals surface area contributed by atoms with E-state index < -0.39 is 0 Å². The van der Waals surface area contributed by atoms with Crippen molar-refractivity contribution in [1.82, 2.24) is 10.3 Å². The topological polar surface area (TPSA) is 71.2 Å². The number of anilines is 1. The number of carbonyl (C=O) groups is 1. The second-order valence-electron chi connectivity index (χ2n) is 5.91. The third kappa shape index (κ3) is 3.28. The summed E-state index contributed by atoms with van der Waals surface area (Å²) in [7, 11) is 0. The van der Waals surface area contributed by atoms with Crippen molar-refractivity contribution >= 4 is 11.7 Å². The van der Waals surface area contributed by atoms with Crippen molar-refractivity contribution in [3.63, 3.8) is 0 Å². The first-order valence-electron chi connectivity index (χ1n) is 7.46. The van der Waals surface area contributed by atoms with Crippen LogP contribution in [-0.4, -0.2) is 36.6 Å². The number of pyridine rings is 1. The summed E-state index contributed by atoms with van der Waals surface area (Å²) >= 11 is 0. The minimum absolute atomic E-state index is 0.390. The van der Waals surface area contributed by atoms with E-state index in [1.807, 2.05) is 6.07 Å². The molecular formula is C15H22N4O. The Hall–Kier alpha value is -1.62. The fourth-order valence-electron chi connectivity index (χ4n) is 2.80. The van der Waals surface area contributed by atoms with Crippen molar-refractivity contribution < 1.29 is 4.79 Å². The maximum absolute atomic E-state index is 11.3. The Labute approximate surface area is 119 Å². The van der Waals surface area contributed by atoms with Crippen LogP contribution in [0.1, 0.15) is 36.0 Å². The molecule has 20 heavy (non-hydrogen) atoms. The molecule has 1 unspecified atom stereocenters. The standard InChI is InChI=1S/C15H22N4O/c16-15(20)12-5-7-18-14(8-12)19(9-11-3-4-11)10-13-2-1-6-17-13/h5,7-8,11,13,17H,1-4,6,9-10H2,(H2,16,20). The summed E-state index contributed by atoms with van der Waals surface area (Å²) in [5.41, 5.74) is 5.90. The minimum Gasteiger partial charge on any atom is -0.366 e. The Bertz CT molecular complexity index is 481. The van der Waals surface area contributed by atoms with Gasteiger partial charge in [0.05, 0.1) is 0 Å². The van der Waals surface area contributed by atoms with Gasteiger partial charge in [-0.05, 0) is 50.3 Å². The summed E-state index contributed by atoms with van der Waals surface area (Å²) in [6.45, 7) is 3.11. The highest BCUT2D eigenvalue weighted by Gasteiger charge is 2.27. The zero-order valence-corrected chi connectivity index (χ0v) is 11.7. The number of nitrogens with one attached hydrogen (secondary N) is 1. The van der Waals surface area contributed by atoms with E-state index in [9.17, 15) is 4.79 Å². The predicted molar refractivity (Wildman–Crippen MR) is 78.7 cm³/mol. The summed E-state index contributed by atoms with van der Waals surface area (Å²) in [4.78, 5) is 18.1. The molecule has 0 radical (unpaired) electrons. The van der Waals surface area contributed by atoms with E-state index in [0.29, 0.717) is 11.6 Å². The molecule has 1 aliphatic carbocycles. The SMILES string of the molecule is NC(=O)c1ccnc(N(CC2CC2)CC2CCCN2)c1. The van der Waals surface area contributed by atoms with Crippen LogP contribution in [0.5, 0.6) is 0 Å². The maximum atomic E-state index is 11.3. The molecule has 2 fully saturated rings. The van der Waals surface area contributed by atoms with Crippen molar-refractivity contribution in [2.45, 2.75) is 31.7 Å². The van der Waals surface area contributed by atoms with E-state index in [2.05, 4.69) is 15.2 Å². The van der Waals surface area contributed by atoms with Crippen LogP contribution in [0.4, 0.5) is 5.82 Å². The number of carbonyl (C=O) groups excluding carboxylic acids is 1. The van der Waals surface area contributed by atoms with Gasteiger partial charge in [-0.2, -0.15) is 0 Å². The van der Waals surface area contributed by atoms with Crippen LogP contribution in [0.25, 0.3) is 0 Å². The number of aromatic nitrogens is 1. The highest BCUT2D eigenvalue weighted by atomic mass is 16.1. The highest BCUT2D eigenvalue weighted by molar-refractivity contribution is 5.93. The van der Waals surface area contributed by atoms with E-state index in [0.717, 1.165) is 31.4 Å². The lowest BCUT2D eigenvalue weighted by Crippen LogP contribution is -2.39. The number of amides is 1. The molecule has 1 saturated heterocycles. The van der Waals surface area contributed by atoms with Gasteiger partial charge in [-0.15, -0.1) is 0 Å². The summed E-state index contributed by atoms with van der Waals surface area (Å²) in [6.07, 6.45) is 6.76. The molecule has 3 rings (SSSR count). The fraction of sp³-hybridized carbons (Fsp3) is 0.600. The number of hydrogen-bond donors (Lipinski definition) is 2. The van der Waals surface area contributed by atoms with Crippen molar-refractivity contribution in [2.24, 2.45) is 11.7 Å². The van der Waals surface area contributed by atoms with Crippen molar-refractivity contribution in [2.75, 3.05) is 24.5 Å². The molecule has 1 aromatic rings. The first kappa shape index (κ1) is 13.4. The van der Waals surface area contributed by atoms with Gasteiger partial charge in [-0.3, -0.25) is 4.79 Å². The highest BCUT2D eigenvalue weighted by Crippen LogP contribution is 2.31. The molecule has 3 N–H and O–H groups in total. The Kier molecular flexibility index (Phi) is 3.87. The zero-order valence-electron chi connectivity index (χ0n) is 11.7. The summed E-state index contributed by atoms with van der Waals surface area (Å²) in [5, 5.41) is 3.53. The first-order chi connectivity index (χ1) is 9.72. The normalized spacial score (nSPS) is 21.9. The monoisotopic (exact) mass is 274 g/mol. The van der Waals surface area contributed by atoms with Gasteiger partial charge < -0.3 is 16.0 Å². The first-order valence-corrected chi connectivity index (χ1v) is 7.46. The van der Waals surface area contributed by atoms with E-state index in [-0.39, 0.29) is 5.91 Å². The maximum Gasteiger partial charge on any atom is 0.248 e. The van der Waals surface area contributed by atoms with Crippen LogP contribution in [0.15, 0.2) is 18.3 Å². The Balaban J connectivity index is 1.75. The van der Waals surface area contributed by atoms with E-state index in [1.165, 1.54) is 25.7 Å². The molecule has 1 saturated carbocycles. The molecule has 2 heterocycles. The molecule has 0 bridgehead atoms. The summed E-state index contributed by atoms with van der Waals surface area (Å²) in [6, 6.07) is 4.03. The lowest BCUT2D eigenvalue weighted by atomic mass is 10.2. The number of nitrogens with zero attached hydrogens (tertiary/aromatic N) is 2. The van der Waals surface area contributed by atoms with Crippen molar-refractivity contribution in [3.8, 4) is 0 Å². The molecule has 0 aromatic carbocycles. The van der Waals surface area contributed by atoms with Crippen LogP contribution in [0.2, 0.25) is 0 Å². The second kappa shape index (κ2) is 5.79. The molecular weight excluding hydrogens is 252 g/mol. The van der Waals surface area contributed by atoms with Crippen molar-refractivity contribution in [1.29, 1.82) is 0 Å². The van der Waals surface area contributed by atoms with E-state index >= 15 is 0 Å². The summed E-state index contributed by atoms with van der Waals surface area (Å²) in [5.74, 6) is 1.27. The molecule has 2 aliphatic rings. The molecule has 5 nitrogen and oxygen atoms in total. The van der Waals surface area contributed by atoms with Crippen LogP contribution >= 0.6 is 0 Å². The Morgan fingerprint density at radius 2 is 2.25 bits per heavy atom. The molecule has 1 aliphatic heterocycles. The number of primary amides is 1. The minimum atomic E-state index is -0.390. The van der Waals surface area contributed by atoms with Gasteiger partial charge in [-0.25, -0.2) is 4.98 Å². The largest absolute Gasteiger partial charge is 0.366 e. The average Bonchev–Trinajstić information content (AvgIpc) is 3.12.